The van der Waals surface area contributed by atoms with E-state index in [2.05, 4.69) is 6.92 Å². The van der Waals surface area contributed by atoms with Gasteiger partial charge < -0.3 is 5.73 Å². The predicted octanol–water partition coefficient (Wildman–Crippen LogP) is 2.14. The molecule has 0 bridgehead atoms. The molecule has 2 N–H and O–H groups in total. The number of hydrogen-bond acceptors (Lipinski definition) is 3. The Labute approximate surface area is 122 Å². The molecule has 0 amide bonds. The zero-order valence-corrected chi connectivity index (χ0v) is 12.9. The molecule has 1 fully saturated rings. The van der Waals surface area contributed by atoms with E-state index in [0.29, 0.717) is 18.0 Å². The Balaban J connectivity index is 2.22. The second-order valence-electron chi connectivity index (χ2n) is 5.38. The quantitative estimate of drug-likeness (QED) is 0.838. The van der Waals surface area contributed by atoms with Crippen LogP contribution >= 0.6 is 0 Å². The number of rotatable bonds is 7. The van der Waals surface area contributed by atoms with Gasteiger partial charge in [-0.3, -0.25) is 0 Å². The Morgan fingerprint density at radius 2 is 1.90 bits per heavy atom. The first-order chi connectivity index (χ1) is 9.59. The van der Waals surface area contributed by atoms with Crippen LogP contribution < -0.4 is 5.73 Å². The summed E-state index contributed by atoms with van der Waals surface area (Å²) in [6, 6.07) is 7.42. The van der Waals surface area contributed by atoms with E-state index in [1.807, 2.05) is 12.1 Å². The summed E-state index contributed by atoms with van der Waals surface area (Å²) in [5.41, 5.74) is 6.76. The second-order valence-corrected chi connectivity index (χ2v) is 7.27. The first kappa shape index (κ1) is 15.5. The Morgan fingerprint density at radius 3 is 2.35 bits per heavy atom. The van der Waals surface area contributed by atoms with Crippen molar-refractivity contribution >= 4 is 10.0 Å². The minimum atomic E-state index is -3.40. The van der Waals surface area contributed by atoms with Gasteiger partial charge in [0.2, 0.25) is 10.0 Å². The summed E-state index contributed by atoms with van der Waals surface area (Å²) in [6.45, 7) is 2.89. The van der Waals surface area contributed by atoms with Crippen LogP contribution in [0.15, 0.2) is 29.2 Å². The molecule has 0 unspecified atom stereocenters. The van der Waals surface area contributed by atoms with Gasteiger partial charge >= 0.3 is 0 Å². The largest absolute Gasteiger partial charge is 0.329 e. The Hall–Kier alpha value is -0.910. The van der Waals surface area contributed by atoms with Gasteiger partial charge in [-0.25, -0.2) is 8.42 Å². The average Bonchev–Trinajstić information content (AvgIpc) is 2.37. The molecule has 0 saturated heterocycles. The number of hydrogen-bond donors (Lipinski definition) is 1. The summed E-state index contributed by atoms with van der Waals surface area (Å²) >= 11 is 0. The first-order valence-electron chi connectivity index (χ1n) is 7.40. The molecule has 0 spiro atoms. The van der Waals surface area contributed by atoms with Crippen molar-refractivity contribution in [3.8, 4) is 0 Å². The lowest BCUT2D eigenvalue weighted by Crippen LogP contribution is -2.46. The molecule has 1 aliphatic carbocycles. The van der Waals surface area contributed by atoms with Gasteiger partial charge in [-0.05, 0) is 37.0 Å². The SMILES string of the molecule is CCCc1ccc(S(=O)(=O)N(CCN)C2CCC2)cc1. The van der Waals surface area contributed by atoms with E-state index in [1.54, 1.807) is 16.4 Å². The highest BCUT2D eigenvalue weighted by Gasteiger charge is 2.34. The summed E-state index contributed by atoms with van der Waals surface area (Å²) in [5.74, 6) is 0. The lowest BCUT2D eigenvalue weighted by atomic mass is 9.93. The van der Waals surface area contributed by atoms with E-state index < -0.39 is 10.0 Å². The third-order valence-electron chi connectivity index (χ3n) is 3.90. The lowest BCUT2D eigenvalue weighted by Gasteiger charge is -2.36. The maximum absolute atomic E-state index is 12.7. The van der Waals surface area contributed by atoms with Crippen molar-refractivity contribution in [2.75, 3.05) is 13.1 Å². The van der Waals surface area contributed by atoms with Crippen LogP contribution in [0.4, 0.5) is 0 Å². The minimum Gasteiger partial charge on any atom is -0.329 e. The maximum atomic E-state index is 12.7. The van der Waals surface area contributed by atoms with E-state index in [-0.39, 0.29) is 6.04 Å². The number of aryl methyl sites for hydroxylation is 1. The topological polar surface area (TPSA) is 63.4 Å². The van der Waals surface area contributed by atoms with E-state index in [4.69, 9.17) is 5.73 Å². The molecule has 4 nitrogen and oxygen atoms in total. The van der Waals surface area contributed by atoms with Crippen molar-refractivity contribution in [1.82, 2.24) is 4.31 Å². The fraction of sp³-hybridized carbons (Fsp3) is 0.600. The van der Waals surface area contributed by atoms with Crippen LogP contribution in [0, 0.1) is 0 Å². The molecule has 1 aromatic rings. The Kier molecular flexibility index (Phi) is 5.18. The predicted molar refractivity (Wildman–Crippen MR) is 81.0 cm³/mol. The van der Waals surface area contributed by atoms with Gasteiger partial charge in [0.05, 0.1) is 4.90 Å². The molecule has 1 aliphatic rings. The number of nitrogens with zero attached hydrogens (tertiary/aromatic N) is 1. The van der Waals surface area contributed by atoms with Crippen LogP contribution in [-0.4, -0.2) is 31.9 Å². The maximum Gasteiger partial charge on any atom is 0.243 e. The molecule has 0 radical (unpaired) electrons. The fourth-order valence-corrected chi connectivity index (χ4v) is 4.25. The third kappa shape index (κ3) is 3.22. The van der Waals surface area contributed by atoms with E-state index in [9.17, 15) is 8.42 Å². The van der Waals surface area contributed by atoms with Crippen LogP contribution in [0.3, 0.4) is 0 Å². The second kappa shape index (κ2) is 6.70. The number of nitrogens with two attached hydrogens (primary N) is 1. The van der Waals surface area contributed by atoms with Gasteiger partial charge in [0, 0.05) is 19.1 Å². The first-order valence-corrected chi connectivity index (χ1v) is 8.84. The van der Waals surface area contributed by atoms with Crippen molar-refractivity contribution in [2.24, 2.45) is 5.73 Å². The van der Waals surface area contributed by atoms with Gasteiger partial charge in [0.1, 0.15) is 0 Å². The molecule has 0 heterocycles. The van der Waals surface area contributed by atoms with Gasteiger partial charge in [-0.2, -0.15) is 4.31 Å². The lowest BCUT2D eigenvalue weighted by molar-refractivity contribution is 0.223. The monoisotopic (exact) mass is 296 g/mol. The minimum absolute atomic E-state index is 0.138. The zero-order chi connectivity index (χ0) is 14.6. The van der Waals surface area contributed by atoms with Crippen LogP contribution in [0.2, 0.25) is 0 Å². The van der Waals surface area contributed by atoms with Crippen LogP contribution in [0.5, 0.6) is 0 Å². The summed E-state index contributed by atoms with van der Waals surface area (Å²) in [7, 11) is -3.40. The van der Waals surface area contributed by atoms with Crippen LogP contribution in [0.1, 0.15) is 38.2 Å². The normalized spacial score (nSPS) is 16.4. The van der Waals surface area contributed by atoms with Crippen molar-refractivity contribution in [3.05, 3.63) is 29.8 Å². The molecule has 2 rings (SSSR count). The standard InChI is InChI=1S/C15H24N2O2S/c1-2-4-13-7-9-15(10-8-13)20(18,19)17(12-11-16)14-5-3-6-14/h7-10,14H,2-6,11-12,16H2,1H3. The van der Waals surface area contributed by atoms with Gasteiger partial charge in [-0.1, -0.05) is 31.9 Å². The van der Waals surface area contributed by atoms with Crippen LogP contribution in [0.25, 0.3) is 0 Å². The molecular formula is C15H24N2O2S. The van der Waals surface area contributed by atoms with Crippen molar-refractivity contribution in [3.63, 3.8) is 0 Å². The highest BCUT2D eigenvalue weighted by atomic mass is 32.2. The third-order valence-corrected chi connectivity index (χ3v) is 5.87. The van der Waals surface area contributed by atoms with Gasteiger partial charge in [0.25, 0.3) is 0 Å². The Morgan fingerprint density at radius 1 is 1.25 bits per heavy atom. The number of sulfonamides is 1. The van der Waals surface area contributed by atoms with Crippen molar-refractivity contribution in [1.29, 1.82) is 0 Å². The number of benzene rings is 1. The zero-order valence-electron chi connectivity index (χ0n) is 12.1. The molecule has 0 aliphatic heterocycles. The molecule has 1 aromatic carbocycles. The molecular weight excluding hydrogens is 272 g/mol. The summed E-state index contributed by atoms with van der Waals surface area (Å²) in [6.07, 6.45) is 5.06. The molecule has 0 aromatic heterocycles. The molecule has 5 heteroatoms. The van der Waals surface area contributed by atoms with E-state index in [1.165, 1.54) is 5.56 Å². The molecule has 1 saturated carbocycles. The van der Waals surface area contributed by atoms with Gasteiger partial charge in [-0.15, -0.1) is 0 Å². The van der Waals surface area contributed by atoms with Crippen LogP contribution in [-0.2, 0) is 16.4 Å². The van der Waals surface area contributed by atoms with E-state index >= 15 is 0 Å². The highest BCUT2D eigenvalue weighted by Crippen LogP contribution is 2.29. The van der Waals surface area contributed by atoms with E-state index in [0.717, 1.165) is 32.1 Å². The summed E-state index contributed by atoms with van der Waals surface area (Å²) in [4.78, 5) is 0.387. The average molecular weight is 296 g/mol. The summed E-state index contributed by atoms with van der Waals surface area (Å²) in [5, 5.41) is 0. The highest BCUT2D eigenvalue weighted by molar-refractivity contribution is 7.89. The molecule has 20 heavy (non-hydrogen) atoms. The van der Waals surface area contributed by atoms with Crippen molar-refractivity contribution in [2.45, 2.75) is 50.0 Å². The fourth-order valence-electron chi connectivity index (χ4n) is 2.55. The smallest absolute Gasteiger partial charge is 0.243 e. The molecule has 0 atom stereocenters. The Bertz CT molecular complexity index is 521. The van der Waals surface area contributed by atoms with Gasteiger partial charge in [0.15, 0.2) is 0 Å². The van der Waals surface area contributed by atoms with Crippen molar-refractivity contribution < 1.29 is 8.42 Å². The molecule has 112 valence electrons. The summed E-state index contributed by atoms with van der Waals surface area (Å²) < 4.78 is 27.0.